The maximum Gasteiger partial charge on any atom is 0.256 e. The predicted molar refractivity (Wildman–Crippen MR) is 92.7 cm³/mol. The van der Waals surface area contributed by atoms with E-state index in [0.717, 1.165) is 36.7 Å². The third-order valence-electron chi connectivity index (χ3n) is 4.62. The molecule has 1 N–H and O–H groups in total. The number of amides is 1. The molecule has 1 saturated heterocycles. The van der Waals surface area contributed by atoms with Crippen LogP contribution in [0.15, 0.2) is 30.9 Å². The molecule has 128 valence electrons. The Hall–Kier alpha value is -3.03. The van der Waals surface area contributed by atoms with E-state index in [1.54, 1.807) is 30.3 Å². The third kappa shape index (κ3) is 2.69. The second-order valence-electron chi connectivity index (χ2n) is 6.19. The largest absolute Gasteiger partial charge is 0.356 e. The molecule has 0 spiro atoms. The Labute approximate surface area is 144 Å². The van der Waals surface area contributed by atoms with E-state index >= 15 is 0 Å². The van der Waals surface area contributed by atoms with Gasteiger partial charge in [-0.3, -0.25) is 4.79 Å². The zero-order valence-corrected chi connectivity index (χ0v) is 14.2. The fourth-order valence-electron chi connectivity index (χ4n) is 3.34. The Morgan fingerprint density at radius 3 is 3.00 bits per heavy atom. The van der Waals surface area contributed by atoms with Gasteiger partial charge < -0.3 is 10.2 Å². The van der Waals surface area contributed by atoms with Crippen LogP contribution in [0.1, 0.15) is 34.1 Å². The fourth-order valence-corrected chi connectivity index (χ4v) is 3.34. The number of anilines is 1. The summed E-state index contributed by atoms with van der Waals surface area (Å²) in [5.41, 5.74) is 3.11. The lowest BCUT2D eigenvalue weighted by Gasteiger charge is -2.18. The van der Waals surface area contributed by atoms with Crippen LogP contribution in [0.5, 0.6) is 0 Å². The van der Waals surface area contributed by atoms with E-state index in [1.165, 1.54) is 0 Å². The molecule has 1 amide bonds. The Morgan fingerprint density at radius 2 is 2.20 bits per heavy atom. The number of rotatable bonds is 3. The smallest absolute Gasteiger partial charge is 0.256 e. The number of nitrogens with zero attached hydrogens (tertiary/aromatic N) is 6. The summed E-state index contributed by atoms with van der Waals surface area (Å²) < 4.78 is 1.78. The first-order valence-electron chi connectivity index (χ1n) is 8.25. The molecule has 0 bridgehead atoms. The van der Waals surface area contributed by atoms with Crippen molar-refractivity contribution in [3.8, 4) is 0 Å². The van der Waals surface area contributed by atoms with Gasteiger partial charge in [0.05, 0.1) is 11.9 Å². The lowest BCUT2D eigenvalue weighted by atomic mass is 10.0. The maximum absolute atomic E-state index is 12.0. The topological polar surface area (TPSA) is 88.3 Å². The molecule has 1 aliphatic rings. The van der Waals surface area contributed by atoms with Gasteiger partial charge in [0.15, 0.2) is 5.65 Å². The van der Waals surface area contributed by atoms with Crippen LogP contribution in [0.4, 0.5) is 5.82 Å². The van der Waals surface area contributed by atoms with Gasteiger partial charge >= 0.3 is 0 Å². The van der Waals surface area contributed by atoms with Crippen molar-refractivity contribution in [1.29, 1.82) is 0 Å². The van der Waals surface area contributed by atoms with Gasteiger partial charge in [-0.25, -0.2) is 19.5 Å². The Balaban J connectivity index is 1.65. The van der Waals surface area contributed by atoms with Gasteiger partial charge in [-0.15, -0.1) is 0 Å². The Kier molecular flexibility index (Phi) is 3.79. The zero-order valence-electron chi connectivity index (χ0n) is 14.2. The highest BCUT2D eigenvalue weighted by atomic mass is 16.1. The second kappa shape index (κ2) is 6.12. The summed E-state index contributed by atoms with van der Waals surface area (Å²) in [6.45, 7) is 3.74. The first-order chi connectivity index (χ1) is 12.2. The molecule has 8 heteroatoms. The van der Waals surface area contributed by atoms with E-state index < -0.39 is 0 Å². The lowest BCUT2D eigenvalue weighted by molar-refractivity contribution is 0.0964. The van der Waals surface area contributed by atoms with Crippen molar-refractivity contribution in [2.45, 2.75) is 19.3 Å². The van der Waals surface area contributed by atoms with Crippen LogP contribution in [0, 0.1) is 6.92 Å². The van der Waals surface area contributed by atoms with Gasteiger partial charge in [0.1, 0.15) is 17.7 Å². The Bertz CT molecular complexity index is 936. The molecule has 1 fully saturated rings. The van der Waals surface area contributed by atoms with E-state index in [9.17, 15) is 4.79 Å². The Morgan fingerprint density at radius 1 is 1.32 bits per heavy atom. The summed E-state index contributed by atoms with van der Waals surface area (Å²) in [7, 11) is 1.61. The molecule has 0 aliphatic carbocycles. The second-order valence-corrected chi connectivity index (χ2v) is 6.19. The fraction of sp³-hybridized carbons (Fsp3) is 0.353. The minimum Gasteiger partial charge on any atom is -0.356 e. The molecule has 8 nitrogen and oxygen atoms in total. The summed E-state index contributed by atoms with van der Waals surface area (Å²) >= 11 is 0. The summed E-state index contributed by atoms with van der Waals surface area (Å²) in [5, 5.41) is 7.02. The molecule has 4 rings (SSSR count). The normalized spacial score (nSPS) is 17.2. The van der Waals surface area contributed by atoms with E-state index in [2.05, 4.69) is 30.3 Å². The van der Waals surface area contributed by atoms with Crippen LogP contribution < -0.4 is 10.2 Å². The van der Waals surface area contributed by atoms with Crippen LogP contribution in [0.3, 0.4) is 0 Å². The molecule has 0 unspecified atom stereocenters. The van der Waals surface area contributed by atoms with Crippen LogP contribution in [0.2, 0.25) is 0 Å². The van der Waals surface area contributed by atoms with Gasteiger partial charge in [-0.1, -0.05) is 0 Å². The summed E-state index contributed by atoms with van der Waals surface area (Å²) in [5.74, 6) is 1.08. The number of carbonyl (C=O) groups is 1. The SMILES string of the molecule is CNC(=O)c1cnn2c([C@@H]3CCN(c4cc(C)ncn4)C3)ccnc12. The van der Waals surface area contributed by atoms with Gasteiger partial charge in [0, 0.05) is 44.0 Å². The highest BCUT2D eigenvalue weighted by Gasteiger charge is 2.28. The number of aryl methyl sites for hydroxylation is 1. The van der Waals surface area contributed by atoms with Crippen molar-refractivity contribution >= 4 is 17.4 Å². The van der Waals surface area contributed by atoms with Gasteiger partial charge in [-0.2, -0.15) is 5.10 Å². The predicted octanol–water partition coefficient (Wildman–Crippen LogP) is 1.18. The van der Waals surface area contributed by atoms with Crippen molar-refractivity contribution in [3.63, 3.8) is 0 Å². The molecule has 3 aromatic heterocycles. The van der Waals surface area contributed by atoms with Gasteiger partial charge in [-0.05, 0) is 19.4 Å². The lowest BCUT2D eigenvalue weighted by Crippen LogP contribution is -2.21. The maximum atomic E-state index is 12.0. The minimum atomic E-state index is -0.177. The average Bonchev–Trinajstić information content (AvgIpc) is 3.28. The molecule has 3 aromatic rings. The quantitative estimate of drug-likeness (QED) is 0.772. The van der Waals surface area contributed by atoms with Crippen LogP contribution in [-0.4, -0.2) is 50.6 Å². The number of hydrogen-bond acceptors (Lipinski definition) is 6. The monoisotopic (exact) mass is 337 g/mol. The summed E-state index contributed by atoms with van der Waals surface area (Å²) in [4.78, 5) is 27.1. The van der Waals surface area contributed by atoms with Gasteiger partial charge in [0.25, 0.3) is 5.91 Å². The van der Waals surface area contributed by atoms with Crippen molar-refractivity contribution in [1.82, 2.24) is 29.9 Å². The van der Waals surface area contributed by atoms with Crippen molar-refractivity contribution < 1.29 is 4.79 Å². The first kappa shape index (κ1) is 15.5. The summed E-state index contributed by atoms with van der Waals surface area (Å²) in [6, 6.07) is 3.98. The molecule has 4 heterocycles. The van der Waals surface area contributed by atoms with Crippen molar-refractivity contribution in [3.05, 3.63) is 47.8 Å². The van der Waals surface area contributed by atoms with E-state index in [1.807, 2.05) is 19.1 Å². The minimum absolute atomic E-state index is 0.177. The zero-order chi connectivity index (χ0) is 17.4. The third-order valence-corrected chi connectivity index (χ3v) is 4.62. The first-order valence-corrected chi connectivity index (χ1v) is 8.25. The number of hydrogen-bond donors (Lipinski definition) is 1. The molecule has 1 aliphatic heterocycles. The van der Waals surface area contributed by atoms with Crippen LogP contribution in [-0.2, 0) is 0 Å². The number of aromatic nitrogens is 5. The molecule has 0 radical (unpaired) electrons. The summed E-state index contributed by atoms with van der Waals surface area (Å²) in [6.07, 6.45) is 5.92. The molecule has 25 heavy (non-hydrogen) atoms. The molecule has 0 aromatic carbocycles. The number of nitrogens with one attached hydrogen (secondary N) is 1. The van der Waals surface area contributed by atoms with E-state index in [-0.39, 0.29) is 5.91 Å². The average molecular weight is 337 g/mol. The molecule has 1 atom stereocenters. The highest BCUT2D eigenvalue weighted by Crippen LogP contribution is 2.30. The van der Waals surface area contributed by atoms with Crippen molar-refractivity contribution in [2.75, 3.05) is 25.0 Å². The molecule has 0 saturated carbocycles. The van der Waals surface area contributed by atoms with E-state index in [0.29, 0.717) is 17.1 Å². The number of carbonyl (C=O) groups excluding carboxylic acids is 1. The molecular formula is C17H19N7O. The van der Waals surface area contributed by atoms with Crippen LogP contribution in [0.25, 0.3) is 5.65 Å². The molecular weight excluding hydrogens is 318 g/mol. The van der Waals surface area contributed by atoms with E-state index in [4.69, 9.17) is 0 Å². The number of fused-ring (bicyclic) bond motifs is 1. The van der Waals surface area contributed by atoms with Crippen LogP contribution >= 0.6 is 0 Å². The van der Waals surface area contributed by atoms with Crippen molar-refractivity contribution in [2.24, 2.45) is 0 Å². The standard InChI is InChI=1S/C17H19N7O/c1-11-7-15(21-10-20-11)23-6-4-12(9-23)14-3-5-19-16-13(17(25)18-2)8-22-24(14)16/h3,5,7-8,10,12H,4,6,9H2,1-2H3,(H,18,25)/t12-/m1/s1. The van der Waals surface area contributed by atoms with Gasteiger partial charge in [0.2, 0.25) is 0 Å². The highest BCUT2D eigenvalue weighted by molar-refractivity contribution is 5.99.